The first-order chi connectivity index (χ1) is 14.4. The van der Waals surface area contributed by atoms with Crippen LogP contribution in [-0.4, -0.2) is 51.4 Å². The Bertz CT molecular complexity index is 1110. The van der Waals surface area contributed by atoms with Gasteiger partial charge in [-0.3, -0.25) is 4.79 Å². The molecule has 2 aromatic rings. The molecule has 2 aliphatic heterocycles. The van der Waals surface area contributed by atoms with Gasteiger partial charge in [-0.05, 0) is 60.9 Å². The van der Waals surface area contributed by atoms with Crippen LogP contribution >= 0.6 is 0 Å². The summed E-state index contributed by atoms with van der Waals surface area (Å²) in [5.74, 6) is -0.0280. The number of rotatable bonds is 3. The standard InChI is InChI=1S/C22H24N4O3S/c1-17(27)26-12-9-19-15-21(7-8-22(19)26)30(28,29)25-11-2-10-24(13-14-25)20-5-3-18(16-23)4-6-20/h3-8,15H,2,9-14H2,1H3. The summed E-state index contributed by atoms with van der Waals surface area (Å²) >= 11 is 0. The maximum atomic E-state index is 13.3. The topological polar surface area (TPSA) is 84.7 Å². The van der Waals surface area contributed by atoms with Crippen molar-refractivity contribution in [3.05, 3.63) is 53.6 Å². The number of amides is 1. The molecule has 0 spiro atoms. The van der Waals surface area contributed by atoms with Gasteiger partial charge in [0.1, 0.15) is 0 Å². The van der Waals surface area contributed by atoms with Gasteiger partial charge in [0.05, 0.1) is 16.5 Å². The average Bonchev–Trinajstić information content (AvgIpc) is 3.01. The molecular weight excluding hydrogens is 400 g/mol. The molecule has 0 unspecified atom stereocenters. The Hall–Kier alpha value is -2.89. The zero-order valence-electron chi connectivity index (χ0n) is 16.9. The average molecular weight is 425 g/mol. The molecule has 1 amide bonds. The van der Waals surface area contributed by atoms with Crippen LogP contribution in [0.1, 0.15) is 24.5 Å². The molecule has 1 fully saturated rings. The van der Waals surface area contributed by atoms with Crippen LogP contribution in [0.2, 0.25) is 0 Å². The molecule has 2 aliphatic rings. The van der Waals surface area contributed by atoms with Gasteiger partial charge in [-0.25, -0.2) is 8.42 Å². The highest BCUT2D eigenvalue weighted by molar-refractivity contribution is 7.89. The zero-order chi connectivity index (χ0) is 21.3. The highest BCUT2D eigenvalue weighted by Gasteiger charge is 2.29. The van der Waals surface area contributed by atoms with E-state index in [4.69, 9.17) is 5.26 Å². The third-order valence-electron chi connectivity index (χ3n) is 5.78. The van der Waals surface area contributed by atoms with E-state index >= 15 is 0 Å². The van der Waals surface area contributed by atoms with E-state index in [2.05, 4.69) is 11.0 Å². The minimum absolute atomic E-state index is 0.0280. The molecule has 7 nitrogen and oxygen atoms in total. The molecule has 0 aromatic heterocycles. The Morgan fingerprint density at radius 3 is 2.47 bits per heavy atom. The highest BCUT2D eigenvalue weighted by Crippen LogP contribution is 2.31. The Morgan fingerprint density at radius 1 is 1.00 bits per heavy atom. The van der Waals surface area contributed by atoms with Crippen LogP contribution in [-0.2, 0) is 21.2 Å². The monoisotopic (exact) mass is 424 g/mol. The van der Waals surface area contributed by atoms with Crippen molar-refractivity contribution < 1.29 is 13.2 Å². The second-order valence-electron chi connectivity index (χ2n) is 7.61. The van der Waals surface area contributed by atoms with Crippen molar-refractivity contribution in [2.24, 2.45) is 0 Å². The van der Waals surface area contributed by atoms with E-state index < -0.39 is 10.0 Å². The van der Waals surface area contributed by atoms with Crippen molar-refractivity contribution in [1.29, 1.82) is 5.26 Å². The van der Waals surface area contributed by atoms with Gasteiger partial charge in [-0.2, -0.15) is 9.57 Å². The number of anilines is 2. The number of nitrogens with zero attached hydrogens (tertiary/aromatic N) is 4. The van der Waals surface area contributed by atoms with E-state index in [-0.39, 0.29) is 5.91 Å². The number of fused-ring (bicyclic) bond motifs is 1. The molecule has 0 bridgehead atoms. The summed E-state index contributed by atoms with van der Waals surface area (Å²) in [4.78, 5) is 15.9. The summed E-state index contributed by atoms with van der Waals surface area (Å²) in [5, 5.41) is 8.96. The summed E-state index contributed by atoms with van der Waals surface area (Å²) < 4.78 is 28.1. The molecule has 8 heteroatoms. The fourth-order valence-electron chi connectivity index (χ4n) is 4.15. The van der Waals surface area contributed by atoms with Crippen LogP contribution in [0.25, 0.3) is 0 Å². The van der Waals surface area contributed by atoms with E-state index in [0.717, 1.165) is 29.9 Å². The van der Waals surface area contributed by atoms with Crippen LogP contribution in [0.5, 0.6) is 0 Å². The lowest BCUT2D eigenvalue weighted by Gasteiger charge is -2.24. The highest BCUT2D eigenvalue weighted by atomic mass is 32.2. The predicted octanol–water partition coefficient (Wildman–Crippen LogP) is 2.37. The summed E-state index contributed by atoms with van der Waals surface area (Å²) in [6.45, 7) is 4.34. The van der Waals surface area contributed by atoms with Crippen LogP contribution in [0.3, 0.4) is 0 Å². The second kappa shape index (κ2) is 8.09. The number of carbonyl (C=O) groups excluding carboxylic acids is 1. The van der Waals surface area contributed by atoms with Gasteiger partial charge in [-0.1, -0.05) is 0 Å². The van der Waals surface area contributed by atoms with E-state index in [1.807, 2.05) is 12.1 Å². The molecular formula is C22H24N4O3S. The van der Waals surface area contributed by atoms with Crippen LogP contribution < -0.4 is 9.80 Å². The van der Waals surface area contributed by atoms with Gasteiger partial charge in [0, 0.05) is 51.0 Å². The Balaban J connectivity index is 1.51. The molecule has 0 N–H and O–H groups in total. The van der Waals surface area contributed by atoms with E-state index in [0.29, 0.717) is 43.1 Å². The van der Waals surface area contributed by atoms with Crippen molar-refractivity contribution in [2.75, 3.05) is 42.5 Å². The minimum Gasteiger partial charge on any atom is -0.370 e. The molecule has 0 radical (unpaired) electrons. The third-order valence-corrected chi connectivity index (χ3v) is 7.68. The smallest absolute Gasteiger partial charge is 0.243 e. The lowest BCUT2D eigenvalue weighted by molar-refractivity contribution is -0.116. The summed E-state index contributed by atoms with van der Waals surface area (Å²) in [5.41, 5.74) is 3.32. The van der Waals surface area contributed by atoms with E-state index in [1.165, 1.54) is 6.92 Å². The molecule has 1 saturated heterocycles. The first-order valence-corrected chi connectivity index (χ1v) is 11.5. The maximum Gasteiger partial charge on any atom is 0.243 e. The fraction of sp³-hybridized carbons (Fsp3) is 0.364. The number of hydrogen-bond acceptors (Lipinski definition) is 5. The third kappa shape index (κ3) is 3.78. The van der Waals surface area contributed by atoms with Crippen molar-refractivity contribution in [1.82, 2.24) is 4.31 Å². The van der Waals surface area contributed by atoms with Crippen LogP contribution in [0.15, 0.2) is 47.4 Å². The molecule has 0 atom stereocenters. The molecule has 156 valence electrons. The van der Waals surface area contributed by atoms with Crippen LogP contribution in [0, 0.1) is 11.3 Å². The van der Waals surface area contributed by atoms with Crippen molar-refractivity contribution in [3.63, 3.8) is 0 Å². The van der Waals surface area contributed by atoms with Crippen molar-refractivity contribution in [3.8, 4) is 6.07 Å². The predicted molar refractivity (Wildman–Crippen MR) is 115 cm³/mol. The largest absolute Gasteiger partial charge is 0.370 e. The molecule has 2 aromatic carbocycles. The first kappa shape index (κ1) is 20.4. The number of benzene rings is 2. The maximum absolute atomic E-state index is 13.3. The Labute approximate surface area is 177 Å². The molecule has 30 heavy (non-hydrogen) atoms. The molecule has 0 saturated carbocycles. The van der Waals surface area contributed by atoms with Gasteiger partial charge in [0.15, 0.2) is 0 Å². The normalized spacial score (nSPS) is 17.3. The lowest BCUT2D eigenvalue weighted by atomic mass is 10.2. The van der Waals surface area contributed by atoms with E-state index in [9.17, 15) is 13.2 Å². The Kier molecular flexibility index (Phi) is 5.50. The van der Waals surface area contributed by atoms with Gasteiger partial charge in [0.2, 0.25) is 15.9 Å². The number of carbonyl (C=O) groups is 1. The first-order valence-electron chi connectivity index (χ1n) is 10.1. The quantitative estimate of drug-likeness (QED) is 0.755. The SMILES string of the molecule is CC(=O)N1CCc2cc(S(=O)(=O)N3CCCN(c4ccc(C#N)cc4)CC3)ccc21. The van der Waals surface area contributed by atoms with Crippen molar-refractivity contribution >= 4 is 27.3 Å². The van der Waals surface area contributed by atoms with Gasteiger partial charge in [0.25, 0.3) is 0 Å². The van der Waals surface area contributed by atoms with Gasteiger partial charge >= 0.3 is 0 Å². The summed E-state index contributed by atoms with van der Waals surface area (Å²) in [6, 6.07) is 14.6. The zero-order valence-corrected chi connectivity index (χ0v) is 17.7. The summed E-state index contributed by atoms with van der Waals surface area (Å²) in [6.07, 6.45) is 1.40. The summed E-state index contributed by atoms with van der Waals surface area (Å²) in [7, 11) is -3.60. The number of sulfonamides is 1. The molecule has 2 heterocycles. The van der Waals surface area contributed by atoms with Crippen molar-refractivity contribution in [2.45, 2.75) is 24.7 Å². The minimum atomic E-state index is -3.60. The lowest BCUT2D eigenvalue weighted by Crippen LogP contribution is -2.35. The molecule has 0 aliphatic carbocycles. The van der Waals surface area contributed by atoms with Gasteiger partial charge < -0.3 is 9.80 Å². The number of nitriles is 1. The fourth-order valence-corrected chi connectivity index (χ4v) is 5.67. The molecule has 4 rings (SSSR count). The number of hydrogen-bond donors (Lipinski definition) is 0. The second-order valence-corrected chi connectivity index (χ2v) is 9.55. The Morgan fingerprint density at radius 2 is 1.77 bits per heavy atom. The van der Waals surface area contributed by atoms with Gasteiger partial charge in [-0.15, -0.1) is 0 Å². The van der Waals surface area contributed by atoms with E-state index in [1.54, 1.807) is 39.5 Å². The van der Waals surface area contributed by atoms with Crippen LogP contribution in [0.4, 0.5) is 11.4 Å².